The van der Waals surface area contributed by atoms with Gasteiger partial charge in [-0.2, -0.15) is 0 Å². The first kappa shape index (κ1) is 23.7. The van der Waals surface area contributed by atoms with Gasteiger partial charge in [0.2, 0.25) is 5.43 Å². The number of hydrogen-bond acceptors (Lipinski definition) is 5. The Morgan fingerprint density at radius 2 is 1.72 bits per heavy atom. The second-order valence-corrected chi connectivity index (χ2v) is 9.37. The fourth-order valence-electron chi connectivity index (χ4n) is 5.13. The van der Waals surface area contributed by atoms with E-state index in [0.29, 0.717) is 19.8 Å². The fourth-order valence-corrected chi connectivity index (χ4v) is 5.13. The number of amides is 1. The molecule has 0 saturated carbocycles. The van der Waals surface area contributed by atoms with Crippen molar-refractivity contribution in [2.45, 2.75) is 39.2 Å². The summed E-state index contributed by atoms with van der Waals surface area (Å²) in [4.78, 5) is 27.6. The molecular formula is C29H31N3O4. The number of carbonyl (C=O) groups is 1. The van der Waals surface area contributed by atoms with E-state index in [0.717, 1.165) is 47.3 Å². The van der Waals surface area contributed by atoms with E-state index in [4.69, 9.17) is 4.74 Å². The average Bonchev–Trinajstić information content (AvgIpc) is 2.86. The van der Waals surface area contributed by atoms with E-state index in [1.165, 1.54) is 6.07 Å². The second kappa shape index (κ2) is 9.93. The van der Waals surface area contributed by atoms with Crippen LogP contribution < -0.4 is 15.2 Å². The Morgan fingerprint density at radius 1 is 0.944 bits per heavy atom. The van der Waals surface area contributed by atoms with Gasteiger partial charge in [-0.3, -0.25) is 19.3 Å². The molecule has 0 radical (unpaired) electrons. The van der Waals surface area contributed by atoms with Crippen molar-refractivity contribution < 1.29 is 14.6 Å². The first-order valence-corrected chi connectivity index (χ1v) is 12.4. The van der Waals surface area contributed by atoms with Crippen LogP contribution in [-0.4, -0.2) is 40.4 Å². The van der Waals surface area contributed by atoms with Gasteiger partial charge in [0, 0.05) is 24.4 Å². The lowest BCUT2D eigenvalue weighted by Crippen LogP contribution is -2.55. The maximum absolute atomic E-state index is 13.5. The molecule has 0 aliphatic carbocycles. The van der Waals surface area contributed by atoms with E-state index in [2.05, 4.69) is 49.2 Å². The predicted octanol–water partition coefficient (Wildman–Crippen LogP) is 4.43. The topological polar surface area (TPSA) is 75.0 Å². The summed E-state index contributed by atoms with van der Waals surface area (Å²) >= 11 is 0. The van der Waals surface area contributed by atoms with Crippen molar-refractivity contribution in [2.75, 3.05) is 24.8 Å². The molecule has 2 aliphatic heterocycles. The molecule has 0 spiro atoms. The Labute approximate surface area is 210 Å². The smallest absolute Gasteiger partial charge is 0.277 e. The van der Waals surface area contributed by atoms with Gasteiger partial charge in [0.1, 0.15) is 18.5 Å². The summed E-state index contributed by atoms with van der Waals surface area (Å²) in [7, 11) is 0. The monoisotopic (exact) mass is 485 g/mol. The van der Waals surface area contributed by atoms with Gasteiger partial charge in [0.15, 0.2) is 11.4 Å². The van der Waals surface area contributed by atoms with Crippen molar-refractivity contribution in [3.8, 4) is 11.5 Å². The summed E-state index contributed by atoms with van der Waals surface area (Å²) in [5, 5.41) is 12.8. The highest BCUT2D eigenvalue weighted by Gasteiger charge is 2.38. The minimum absolute atomic E-state index is 0.00831. The molecule has 36 heavy (non-hydrogen) atoms. The van der Waals surface area contributed by atoms with Crippen molar-refractivity contribution in [1.82, 2.24) is 9.58 Å². The van der Waals surface area contributed by atoms with Crippen molar-refractivity contribution in [3.63, 3.8) is 0 Å². The van der Waals surface area contributed by atoms with E-state index in [1.54, 1.807) is 15.8 Å². The molecular weight excluding hydrogens is 454 g/mol. The molecule has 5 rings (SSSR count). The number of benzene rings is 2. The van der Waals surface area contributed by atoms with Crippen LogP contribution in [0.25, 0.3) is 0 Å². The zero-order valence-corrected chi connectivity index (χ0v) is 20.7. The highest BCUT2D eigenvalue weighted by Crippen LogP contribution is 2.39. The normalized spacial score (nSPS) is 18.2. The summed E-state index contributed by atoms with van der Waals surface area (Å²) in [5.41, 5.74) is 3.62. The number of aromatic hydroxyl groups is 1. The molecule has 2 bridgehead atoms. The third-order valence-electron chi connectivity index (χ3n) is 6.98. The minimum atomic E-state index is -0.568. The number of rotatable bonds is 1. The Kier molecular flexibility index (Phi) is 6.55. The van der Waals surface area contributed by atoms with Crippen molar-refractivity contribution >= 4 is 5.91 Å². The molecule has 2 aliphatic rings. The van der Waals surface area contributed by atoms with Crippen molar-refractivity contribution in [3.05, 3.63) is 105 Å². The van der Waals surface area contributed by atoms with Gasteiger partial charge in [0.25, 0.3) is 5.91 Å². The first-order chi connectivity index (χ1) is 17.5. The number of carbonyl (C=O) groups excluding carboxylic acids is 1. The van der Waals surface area contributed by atoms with Gasteiger partial charge in [-0.05, 0) is 55.9 Å². The van der Waals surface area contributed by atoms with E-state index in [1.807, 2.05) is 24.3 Å². The Bertz CT molecular complexity index is 1380. The van der Waals surface area contributed by atoms with Crippen LogP contribution in [0.1, 0.15) is 58.0 Å². The molecule has 0 saturated heterocycles. The van der Waals surface area contributed by atoms with Gasteiger partial charge in [0.05, 0.1) is 6.61 Å². The number of pyridine rings is 1. The summed E-state index contributed by atoms with van der Waals surface area (Å²) < 4.78 is 7.97. The van der Waals surface area contributed by atoms with Crippen LogP contribution in [0.15, 0.2) is 71.7 Å². The zero-order valence-electron chi connectivity index (χ0n) is 20.7. The fraction of sp³-hybridized carbons (Fsp3) is 0.310. The lowest BCUT2D eigenvalue weighted by molar-refractivity contribution is 0.0677. The molecule has 1 N–H and O–H groups in total. The maximum Gasteiger partial charge on any atom is 0.277 e. The Balaban J connectivity index is 1.80. The van der Waals surface area contributed by atoms with Gasteiger partial charge in [-0.15, -0.1) is 0 Å². The van der Waals surface area contributed by atoms with Crippen LogP contribution in [0, 0.1) is 13.8 Å². The number of hydrogen-bond donors (Lipinski definition) is 1. The van der Waals surface area contributed by atoms with Gasteiger partial charge in [-0.25, -0.2) is 0 Å². The average molecular weight is 486 g/mol. The van der Waals surface area contributed by atoms with Crippen molar-refractivity contribution in [2.24, 2.45) is 0 Å². The largest absolute Gasteiger partial charge is 0.502 e. The molecule has 7 nitrogen and oxygen atoms in total. The standard InChI is InChI=1S/C29H31N3O4/c1-20-11-6-7-13-22(20)26-25-21(2)12-10-14-24(25)36-18-9-5-3-4-8-16-30-19-32(26)31-17-15-23(33)28(34)27(31)29(30)35/h3,5-7,10-15,17,26,34H,4,8-9,16,18-19H2,1-2H3. The molecule has 186 valence electrons. The molecule has 7 heteroatoms. The summed E-state index contributed by atoms with van der Waals surface area (Å²) in [6, 6.07) is 15.2. The SMILES string of the molecule is Cc1ccccc1C1c2c(C)cccc2OCCC=CCCCN2CN1n1ccc(=O)c(O)c1C2=O. The number of ether oxygens (including phenoxy) is 1. The Hall–Kier alpha value is -4.00. The van der Waals surface area contributed by atoms with Crippen LogP contribution in [0.3, 0.4) is 0 Å². The summed E-state index contributed by atoms with van der Waals surface area (Å²) in [5.74, 6) is -0.0886. The van der Waals surface area contributed by atoms with Crippen LogP contribution in [0.4, 0.5) is 0 Å². The van der Waals surface area contributed by atoms with E-state index in [9.17, 15) is 14.7 Å². The maximum atomic E-state index is 13.5. The number of aryl methyl sites for hydroxylation is 2. The lowest BCUT2D eigenvalue weighted by atomic mass is 9.90. The lowest BCUT2D eigenvalue weighted by Gasteiger charge is -2.45. The quantitative estimate of drug-likeness (QED) is 0.516. The van der Waals surface area contributed by atoms with Gasteiger partial charge >= 0.3 is 0 Å². The van der Waals surface area contributed by atoms with Crippen molar-refractivity contribution in [1.29, 1.82) is 0 Å². The highest BCUT2D eigenvalue weighted by atomic mass is 16.5. The molecule has 2 aromatic carbocycles. The van der Waals surface area contributed by atoms with Crippen LogP contribution in [-0.2, 0) is 0 Å². The summed E-state index contributed by atoms with van der Waals surface area (Å²) in [6.45, 7) is 5.50. The minimum Gasteiger partial charge on any atom is -0.502 e. The molecule has 1 aromatic heterocycles. The van der Waals surface area contributed by atoms with Crippen LogP contribution in [0.5, 0.6) is 11.5 Å². The van der Waals surface area contributed by atoms with Gasteiger partial charge in [-0.1, -0.05) is 48.6 Å². The Morgan fingerprint density at radius 3 is 2.56 bits per heavy atom. The second-order valence-electron chi connectivity index (χ2n) is 9.37. The summed E-state index contributed by atoms with van der Waals surface area (Å²) in [6.07, 6.45) is 8.22. The van der Waals surface area contributed by atoms with E-state index >= 15 is 0 Å². The molecule has 3 aromatic rings. The van der Waals surface area contributed by atoms with Crippen LogP contribution >= 0.6 is 0 Å². The predicted molar refractivity (Wildman–Crippen MR) is 139 cm³/mol. The number of aromatic nitrogens is 1. The zero-order chi connectivity index (χ0) is 25.2. The molecule has 1 unspecified atom stereocenters. The molecule has 1 atom stereocenters. The van der Waals surface area contributed by atoms with Gasteiger partial charge < -0.3 is 14.7 Å². The van der Waals surface area contributed by atoms with E-state index < -0.39 is 11.2 Å². The third kappa shape index (κ3) is 4.26. The molecule has 1 amide bonds. The number of nitrogens with zero attached hydrogens (tertiary/aromatic N) is 3. The number of fused-ring (bicyclic) bond motifs is 5. The highest BCUT2D eigenvalue weighted by molar-refractivity contribution is 5.96. The third-order valence-corrected chi connectivity index (χ3v) is 6.98. The first-order valence-electron chi connectivity index (χ1n) is 12.4. The van der Waals surface area contributed by atoms with E-state index in [-0.39, 0.29) is 17.6 Å². The van der Waals surface area contributed by atoms with Crippen LogP contribution in [0.2, 0.25) is 0 Å². The number of allylic oxidation sites excluding steroid dienone is 1. The molecule has 0 fully saturated rings. The molecule has 3 heterocycles.